The molecule has 3 nitrogen and oxygen atoms in total. The molecular weight excluding hydrogens is 248 g/mol. The van der Waals surface area contributed by atoms with Gasteiger partial charge in [0.25, 0.3) is 0 Å². The molecule has 2 N–H and O–H groups in total. The van der Waals surface area contributed by atoms with E-state index < -0.39 is 5.97 Å². The highest BCUT2D eigenvalue weighted by Gasteiger charge is 2.45. The van der Waals surface area contributed by atoms with Gasteiger partial charge >= 0.3 is 5.97 Å². The van der Waals surface area contributed by atoms with Crippen LogP contribution >= 0.6 is 15.9 Å². The summed E-state index contributed by atoms with van der Waals surface area (Å²) in [6, 6.07) is 5.17. The van der Waals surface area contributed by atoms with Gasteiger partial charge in [-0.25, -0.2) is 0 Å². The summed E-state index contributed by atoms with van der Waals surface area (Å²) in [5.41, 5.74) is 0.737. The lowest BCUT2D eigenvalue weighted by molar-refractivity contribution is -0.138. The number of benzene rings is 1. The molecule has 0 bridgehead atoms. The number of carboxylic acids is 1. The summed E-state index contributed by atoms with van der Waals surface area (Å²) in [7, 11) is 0. The molecule has 0 spiro atoms. The summed E-state index contributed by atoms with van der Waals surface area (Å²) in [5, 5.41) is 18.3. The van der Waals surface area contributed by atoms with E-state index in [1.54, 1.807) is 12.1 Å². The van der Waals surface area contributed by atoms with Crippen molar-refractivity contribution in [2.75, 3.05) is 0 Å². The first kappa shape index (κ1) is 9.52. The van der Waals surface area contributed by atoms with Crippen molar-refractivity contribution in [1.29, 1.82) is 0 Å². The van der Waals surface area contributed by atoms with Crippen LogP contribution in [-0.2, 0) is 4.79 Å². The molecule has 1 aliphatic carbocycles. The van der Waals surface area contributed by atoms with Gasteiger partial charge in [-0.15, -0.1) is 0 Å². The molecule has 2 rings (SSSR count). The van der Waals surface area contributed by atoms with Gasteiger partial charge < -0.3 is 10.2 Å². The minimum atomic E-state index is -0.780. The molecule has 0 heterocycles. The molecule has 74 valence electrons. The van der Waals surface area contributed by atoms with E-state index in [4.69, 9.17) is 5.11 Å². The van der Waals surface area contributed by atoms with Gasteiger partial charge in [0.2, 0.25) is 0 Å². The van der Waals surface area contributed by atoms with Crippen molar-refractivity contribution in [3.05, 3.63) is 28.2 Å². The standard InChI is InChI=1S/C10H9BrO3/c11-5-1-2-6(9(12)3-5)7-4-8(7)10(13)14/h1-3,7-8,12H,4H2,(H,13,14). The van der Waals surface area contributed by atoms with Crippen molar-refractivity contribution < 1.29 is 15.0 Å². The van der Waals surface area contributed by atoms with Crippen molar-refractivity contribution in [1.82, 2.24) is 0 Å². The summed E-state index contributed by atoms with van der Waals surface area (Å²) < 4.78 is 0.797. The SMILES string of the molecule is O=C(O)C1CC1c1ccc(Br)cc1O. The molecule has 0 amide bonds. The van der Waals surface area contributed by atoms with Crippen molar-refractivity contribution in [2.24, 2.45) is 5.92 Å². The van der Waals surface area contributed by atoms with Gasteiger partial charge in [-0.2, -0.15) is 0 Å². The highest BCUT2D eigenvalue weighted by molar-refractivity contribution is 9.10. The number of hydrogen-bond donors (Lipinski definition) is 2. The largest absolute Gasteiger partial charge is 0.508 e. The zero-order valence-electron chi connectivity index (χ0n) is 7.27. The maximum Gasteiger partial charge on any atom is 0.307 e. The van der Waals surface area contributed by atoms with Crippen LogP contribution in [0.1, 0.15) is 17.9 Å². The van der Waals surface area contributed by atoms with Crippen LogP contribution in [0.15, 0.2) is 22.7 Å². The molecule has 14 heavy (non-hydrogen) atoms. The van der Waals surface area contributed by atoms with Gasteiger partial charge in [0.05, 0.1) is 5.92 Å². The van der Waals surface area contributed by atoms with E-state index >= 15 is 0 Å². The third-order valence-electron chi connectivity index (χ3n) is 2.50. The minimum absolute atomic E-state index is 0.0133. The topological polar surface area (TPSA) is 57.5 Å². The van der Waals surface area contributed by atoms with Crippen LogP contribution in [0.5, 0.6) is 5.75 Å². The molecule has 0 radical (unpaired) electrons. The normalized spacial score (nSPS) is 24.6. The highest BCUT2D eigenvalue weighted by atomic mass is 79.9. The fraction of sp³-hybridized carbons (Fsp3) is 0.300. The van der Waals surface area contributed by atoms with Crippen LogP contribution in [0, 0.1) is 5.92 Å². The van der Waals surface area contributed by atoms with Crippen molar-refractivity contribution >= 4 is 21.9 Å². The molecule has 1 saturated carbocycles. The van der Waals surface area contributed by atoms with Crippen LogP contribution in [0.25, 0.3) is 0 Å². The maximum atomic E-state index is 10.6. The van der Waals surface area contributed by atoms with E-state index in [0.717, 1.165) is 10.0 Å². The molecule has 1 aromatic carbocycles. The number of halogens is 1. The van der Waals surface area contributed by atoms with E-state index in [1.807, 2.05) is 6.07 Å². The number of aromatic hydroxyl groups is 1. The molecular formula is C10H9BrO3. The predicted octanol–water partition coefficient (Wildman–Crippen LogP) is 2.34. The molecule has 1 aromatic rings. The van der Waals surface area contributed by atoms with Gasteiger partial charge in [0, 0.05) is 10.4 Å². The lowest BCUT2D eigenvalue weighted by Gasteiger charge is -2.02. The quantitative estimate of drug-likeness (QED) is 0.854. The maximum absolute atomic E-state index is 10.6. The zero-order valence-corrected chi connectivity index (χ0v) is 8.86. The fourth-order valence-electron chi connectivity index (χ4n) is 1.64. The van der Waals surface area contributed by atoms with Crippen LogP contribution in [0.3, 0.4) is 0 Å². The van der Waals surface area contributed by atoms with Crippen molar-refractivity contribution in [2.45, 2.75) is 12.3 Å². The highest BCUT2D eigenvalue weighted by Crippen LogP contribution is 2.50. The average Bonchev–Trinajstić information content (AvgIpc) is 2.83. The van der Waals surface area contributed by atoms with E-state index in [1.165, 1.54) is 0 Å². The second kappa shape index (κ2) is 3.28. The monoisotopic (exact) mass is 256 g/mol. The molecule has 1 fully saturated rings. The summed E-state index contributed by atoms with van der Waals surface area (Å²) in [5.74, 6) is -0.937. The number of aliphatic carboxylic acids is 1. The molecule has 2 atom stereocenters. The fourth-order valence-corrected chi connectivity index (χ4v) is 1.99. The summed E-state index contributed by atoms with van der Waals surface area (Å²) in [6.07, 6.45) is 0.629. The average molecular weight is 257 g/mol. The van der Waals surface area contributed by atoms with E-state index in [0.29, 0.717) is 6.42 Å². The van der Waals surface area contributed by atoms with Crippen molar-refractivity contribution in [3.63, 3.8) is 0 Å². The van der Waals surface area contributed by atoms with Crippen molar-refractivity contribution in [3.8, 4) is 5.75 Å². The Labute approximate surface area is 89.5 Å². The molecule has 0 saturated heterocycles. The smallest absolute Gasteiger partial charge is 0.307 e. The Hall–Kier alpha value is -1.03. The van der Waals surface area contributed by atoms with Gasteiger partial charge in [-0.1, -0.05) is 22.0 Å². The number of carboxylic acid groups (broad SMARTS) is 1. The first-order valence-corrected chi connectivity index (χ1v) is 5.10. The number of hydrogen-bond acceptors (Lipinski definition) is 2. The first-order chi connectivity index (χ1) is 6.59. The molecule has 2 unspecified atom stereocenters. The van der Waals surface area contributed by atoms with Crippen LogP contribution in [-0.4, -0.2) is 16.2 Å². The molecule has 1 aliphatic rings. The lowest BCUT2D eigenvalue weighted by Crippen LogP contribution is -1.98. The first-order valence-electron chi connectivity index (χ1n) is 4.31. The Morgan fingerprint density at radius 1 is 1.50 bits per heavy atom. The zero-order chi connectivity index (χ0) is 10.3. The Morgan fingerprint density at radius 3 is 2.71 bits per heavy atom. The van der Waals surface area contributed by atoms with Gasteiger partial charge in [0.15, 0.2) is 0 Å². The Balaban J connectivity index is 2.23. The van der Waals surface area contributed by atoms with Crippen LogP contribution < -0.4 is 0 Å². The van der Waals surface area contributed by atoms with Gasteiger partial charge in [-0.05, 0) is 24.1 Å². The summed E-state index contributed by atoms with van der Waals surface area (Å²) >= 11 is 3.23. The van der Waals surface area contributed by atoms with Crippen LogP contribution in [0.2, 0.25) is 0 Å². The Bertz CT molecular complexity index is 389. The third-order valence-corrected chi connectivity index (χ3v) is 2.99. The molecule has 4 heteroatoms. The van der Waals surface area contributed by atoms with E-state index in [2.05, 4.69) is 15.9 Å². The number of rotatable bonds is 2. The minimum Gasteiger partial charge on any atom is -0.508 e. The van der Waals surface area contributed by atoms with E-state index in [9.17, 15) is 9.90 Å². The van der Waals surface area contributed by atoms with Crippen LogP contribution in [0.4, 0.5) is 0 Å². The lowest BCUT2D eigenvalue weighted by atomic mass is 10.1. The summed E-state index contributed by atoms with van der Waals surface area (Å²) in [4.78, 5) is 10.6. The second-order valence-electron chi connectivity index (χ2n) is 3.49. The number of phenolic OH excluding ortho intramolecular Hbond substituents is 1. The number of carbonyl (C=O) groups is 1. The Morgan fingerprint density at radius 2 is 2.21 bits per heavy atom. The molecule has 0 aliphatic heterocycles. The Kier molecular flexibility index (Phi) is 2.23. The van der Waals surface area contributed by atoms with E-state index in [-0.39, 0.29) is 17.6 Å². The predicted molar refractivity (Wildman–Crippen MR) is 54.3 cm³/mol. The van der Waals surface area contributed by atoms with Gasteiger partial charge in [0.1, 0.15) is 5.75 Å². The number of phenols is 1. The third kappa shape index (κ3) is 1.62. The molecule has 0 aromatic heterocycles. The second-order valence-corrected chi connectivity index (χ2v) is 4.41. The van der Waals surface area contributed by atoms with Gasteiger partial charge in [-0.3, -0.25) is 4.79 Å². The summed E-state index contributed by atoms with van der Waals surface area (Å²) in [6.45, 7) is 0.